The van der Waals surface area contributed by atoms with Crippen LogP contribution in [0.3, 0.4) is 0 Å². The van der Waals surface area contributed by atoms with Gasteiger partial charge in [-0.1, -0.05) is 12.1 Å². The van der Waals surface area contributed by atoms with E-state index in [0.717, 1.165) is 4.47 Å². The first kappa shape index (κ1) is 21.8. The summed E-state index contributed by atoms with van der Waals surface area (Å²) in [6, 6.07) is 12.7. The molecule has 3 amide bonds. The molecule has 158 valence electrons. The van der Waals surface area contributed by atoms with Gasteiger partial charge in [-0.25, -0.2) is 0 Å². The molecule has 1 unspecified atom stereocenters. The predicted molar refractivity (Wildman–Crippen MR) is 108 cm³/mol. The van der Waals surface area contributed by atoms with E-state index >= 15 is 0 Å². The summed E-state index contributed by atoms with van der Waals surface area (Å²) >= 11 is 3.40. The number of rotatable bonds is 5. The van der Waals surface area contributed by atoms with Gasteiger partial charge in [0.15, 0.2) is 0 Å². The zero-order valence-corrected chi connectivity index (χ0v) is 17.1. The lowest BCUT2D eigenvalue weighted by Gasteiger charge is -2.18. The van der Waals surface area contributed by atoms with Crippen LogP contribution in [-0.4, -0.2) is 37.0 Å². The Morgan fingerprint density at radius 1 is 1.10 bits per heavy atom. The molecule has 1 fully saturated rings. The van der Waals surface area contributed by atoms with Crippen LogP contribution in [0.2, 0.25) is 0 Å². The van der Waals surface area contributed by atoms with Gasteiger partial charge in [-0.15, -0.1) is 0 Å². The Labute approximate surface area is 178 Å². The number of amides is 3. The molecule has 2 aromatic rings. The largest absolute Gasteiger partial charge is 0.405 e. The Balaban J connectivity index is 1.59. The van der Waals surface area contributed by atoms with E-state index < -0.39 is 24.5 Å². The van der Waals surface area contributed by atoms with Gasteiger partial charge in [0, 0.05) is 28.7 Å². The maximum absolute atomic E-state index is 12.5. The van der Waals surface area contributed by atoms with Gasteiger partial charge in [0.1, 0.15) is 6.54 Å². The highest BCUT2D eigenvalue weighted by atomic mass is 79.9. The van der Waals surface area contributed by atoms with Gasteiger partial charge in [-0.3, -0.25) is 14.4 Å². The first-order valence-corrected chi connectivity index (χ1v) is 9.74. The molecular weight excluding hydrogens is 467 g/mol. The third-order valence-electron chi connectivity index (χ3n) is 4.50. The van der Waals surface area contributed by atoms with E-state index in [1.807, 2.05) is 12.1 Å². The van der Waals surface area contributed by atoms with Crippen LogP contribution in [0.15, 0.2) is 53.0 Å². The second-order valence-electron chi connectivity index (χ2n) is 6.72. The number of benzene rings is 2. The lowest BCUT2D eigenvalue weighted by atomic mass is 10.1. The van der Waals surface area contributed by atoms with Crippen molar-refractivity contribution in [2.24, 2.45) is 5.92 Å². The van der Waals surface area contributed by atoms with Crippen molar-refractivity contribution in [2.45, 2.75) is 12.6 Å². The Hall–Kier alpha value is -2.88. The van der Waals surface area contributed by atoms with Crippen molar-refractivity contribution in [1.82, 2.24) is 5.32 Å². The molecule has 1 aliphatic rings. The van der Waals surface area contributed by atoms with Crippen LogP contribution in [0.1, 0.15) is 16.8 Å². The molecule has 3 rings (SSSR count). The fourth-order valence-corrected chi connectivity index (χ4v) is 3.52. The molecule has 1 heterocycles. The van der Waals surface area contributed by atoms with E-state index in [1.165, 1.54) is 24.3 Å². The highest BCUT2D eigenvalue weighted by Crippen LogP contribution is 2.31. The molecular formula is C20H17BrF3N3O3. The van der Waals surface area contributed by atoms with Crippen molar-refractivity contribution >= 4 is 45.0 Å². The molecule has 2 aromatic carbocycles. The second-order valence-corrected chi connectivity index (χ2v) is 7.58. The van der Waals surface area contributed by atoms with Crippen molar-refractivity contribution in [3.8, 4) is 0 Å². The maximum atomic E-state index is 12.5. The zero-order valence-electron chi connectivity index (χ0n) is 15.5. The lowest BCUT2D eigenvalue weighted by Crippen LogP contribution is -2.33. The molecule has 6 nitrogen and oxygen atoms in total. The van der Waals surface area contributed by atoms with Crippen molar-refractivity contribution < 1.29 is 27.6 Å². The summed E-state index contributed by atoms with van der Waals surface area (Å²) in [5, 5.41) is 4.45. The molecule has 0 aliphatic carbocycles. The van der Waals surface area contributed by atoms with Crippen LogP contribution in [0.5, 0.6) is 0 Å². The molecule has 0 spiro atoms. The van der Waals surface area contributed by atoms with Crippen LogP contribution in [0.4, 0.5) is 24.5 Å². The topological polar surface area (TPSA) is 78.5 Å². The van der Waals surface area contributed by atoms with Crippen LogP contribution in [0, 0.1) is 5.92 Å². The summed E-state index contributed by atoms with van der Waals surface area (Å²) < 4.78 is 37.3. The molecule has 1 saturated heterocycles. The number of para-hydroxylation sites is 1. The number of hydrogen-bond acceptors (Lipinski definition) is 3. The number of alkyl halides is 3. The first-order valence-electron chi connectivity index (χ1n) is 8.95. The highest BCUT2D eigenvalue weighted by Gasteiger charge is 2.35. The standard InChI is InChI=1S/C20H17BrF3N3O3/c21-15-3-1-2-4-16(15)27-10-13(9-17(27)28)19(30)26-14-7-5-12(6-8-14)18(29)25-11-20(22,23)24/h1-8,13H,9-11H2,(H,25,29)(H,26,30). The maximum Gasteiger partial charge on any atom is 0.405 e. The molecule has 30 heavy (non-hydrogen) atoms. The smallest absolute Gasteiger partial charge is 0.343 e. The number of nitrogens with one attached hydrogen (secondary N) is 2. The first-order chi connectivity index (χ1) is 14.1. The van der Waals surface area contributed by atoms with Gasteiger partial charge < -0.3 is 15.5 Å². The Morgan fingerprint density at radius 2 is 1.77 bits per heavy atom. The van der Waals surface area contributed by atoms with E-state index in [-0.39, 0.29) is 30.3 Å². The highest BCUT2D eigenvalue weighted by molar-refractivity contribution is 9.10. The summed E-state index contributed by atoms with van der Waals surface area (Å²) in [4.78, 5) is 38.2. The van der Waals surface area contributed by atoms with Gasteiger partial charge in [-0.05, 0) is 52.3 Å². The van der Waals surface area contributed by atoms with Gasteiger partial charge in [0.2, 0.25) is 11.8 Å². The van der Waals surface area contributed by atoms with Crippen LogP contribution in [-0.2, 0) is 9.59 Å². The number of carbonyl (C=O) groups excluding carboxylic acids is 3. The number of hydrogen-bond donors (Lipinski definition) is 2. The Morgan fingerprint density at radius 3 is 2.40 bits per heavy atom. The molecule has 0 bridgehead atoms. The van der Waals surface area contributed by atoms with Gasteiger partial charge in [-0.2, -0.15) is 13.2 Å². The van der Waals surface area contributed by atoms with Crippen LogP contribution < -0.4 is 15.5 Å². The van der Waals surface area contributed by atoms with Crippen molar-refractivity contribution in [1.29, 1.82) is 0 Å². The second kappa shape index (κ2) is 8.86. The monoisotopic (exact) mass is 483 g/mol. The molecule has 10 heteroatoms. The minimum atomic E-state index is -4.49. The SMILES string of the molecule is O=C(NCC(F)(F)F)c1ccc(NC(=O)C2CC(=O)N(c3ccccc3Br)C2)cc1. The summed E-state index contributed by atoms with van der Waals surface area (Å²) in [5.41, 5.74) is 1.10. The lowest BCUT2D eigenvalue weighted by molar-refractivity contribution is -0.123. The predicted octanol–water partition coefficient (Wildman–Crippen LogP) is 3.73. The molecule has 0 saturated carbocycles. The van der Waals surface area contributed by atoms with Gasteiger partial charge >= 0.3 is 6.18 Å². The van der Waals surface area contributed by atoms with E-state index in [0.29, 0.717) is 11.4 Å². The quantitative estimate of drug-likeness (QED) is 0.679. The minimum absolute atomic E-state index is 0.0356. The molecule has 0 radical (unpaired) electrons. The van der Waals surface area contributed by atoms with E-state index in [9.17, 15) is 27.6 Å². The summed E-state index contributed by atoms with van der Waals surface area (Å²) in [6.07, 6.45) is -4.43. The average molecular weight is 484 g/mol. The van der Waals surface area contributed by atoms with E-state index in [4.69, 9.17) is 0 Å². The van der Waals surface area contributed by atoms with Gasteiger partial charge in [0.05, 0.1) is 11.6 Å². The number of anilines is 2. The normalized spacial score (nSPS) is 16.5. The fraction of sp³-hybridized carbons (Fsp3) is 0.250. The Kier molecular flexibility index (Phi) is 6.45. The van der Waals surface area contributed by atoms with Crippen LogP contribution >= 0.6 is 15.9 Å². The van der Waals surface area contributed by atoms with E-state index in [2.05, 4.69) is 21.2 Å². The number of nitrogens with zero attached hydrogens (tertiary/aromatic N) is 1. The van der Waals surface area contributed by atoms with Crippen molar-refractivity contribution in [2.75, 3.05) is 23.3 Å². The van der Waals surface area contributed by atoms with Crippen molar-refractivity contribution in [3.05, 3.63) is 58.6 Å². The molecule has 2 N–H and O–H groups in total. The molecule has 1 aliphatic heterocycles. The molecule has 0 aromatic heterocycles. The summed E-state index contributed by atoms with van der Waals surface area (Å²) in [6.45, 7) is -1.20. The number of carbonyl (C=O) groups is 3. The zero-order chi connectivity index (χ0) is 21.9. The van der Waals surface area contributed by atoms with Crippen LogP contribution in [0.25, 0.3) is 0 Å². The van der Waals surface area contributed by atoms with E-state index in [1.54, 1.807) is 22.3 Å². The number of halogens is 4. The average Bonchev–Trinajstić information content (AvgIpc) is 3.08. The summed E-state index contributed by atoms with van der Waals surface area (Å²) in [7, 11) is 0. The van der Waals surface area contributed by atoms with Gasteiger partial charge in [0.25, 0.3) is 5.91 Å². The summed E-state index contributed by atoms with van der Waals surface area (Å²) in [5.74, 6) is -1.94. The van der Waals surface area contributed by atoms with Crippen molar-refractivity contribution in [3.63, 3.8) is 0 Å². The third-order valence-corrected chi connectivity index (χ3v) is 5.17. The Bertz CT molecular complexity index is 964. The minimum Gasteiger partial charge on any atom is -0.343 e. The fourth-order valence-electron chi connectivity index (χ4n) is 3.02. The molecule has 1 atom stereocenters. The third kappa shape index (κ3) is 5.38.